The van der Waals surface area contributed by atoms with Crippen LogP contribution in [0.15, 0.2) is 42.5 Å². The average Bonchev–Trinajstić information content (AvgIpc) is 2.73. The number of hydrogen-bond acceptors (Lipinski definition) is 5. The van der Waals surface area contributed by atoms with Crippen LogP contribution in [0.25, 0.3) is 10.9 Å². The number of pyridine rings is 1. The van der Waals surface area contributed by atoms with Crippen molar-refractivity contribution in [2.75, 3.05) is 14.2 Å². The molecule has 0 spiro atoms. The van der Waals surface area contributed by atoms with Crippen LogP contribution in [0.4, 0.5) is 0 Å². The first-order valence-electron chi connectivity index (χ1n) is 8.94. The quantitative estimate of drug-likeness (QED) is 0.529. The first-order valence-corrected chi connectivity index (χ1v) is 9.32. The highest BCUT2D eigenvalue weighted by molar-refractivity contribution is 6.32. The fraction of sp³-hybridized carbons (Fsp3) is 0.273. The van der Waals surface area contributed by atoms with E-state index < -0.39 is 0 Å². The number of fused-ring (bicyclic) bond motifs is 1. The summed E-state index contributed by atoms with van der Waals surface area (Å²) in [5.41, 5.74) is 3.21. The van der Waals surface area contributed by atoms with Crippen molar-refractivity contribution in [1.29, 1.82) is 0 Å². The molecule has 0 radical (unpaired) electrons. The van der Waals surface area contributed by atoms with Crippen LogP contribution in [0.1, 0.15) is 23.2 Å². The fourth-order valence-corrected chi connectivity index (χ4v) is 3.32. The van der Waals surface area contributed by atoms with Gasteiger partial charge in [0, 0.05) is 11.8 Å². The number of esters is 1. The molecule has 0 aliphatic heterocycles. The van der Waals surface area contributed by atoms with E-state index in [0.717, 1.165) is 22.0 Å². The number of methoxy groups -OCH3 is 2. The standard InChI is InChI=1S/C22H22ClNO4/c1-14-16-8-4-5-9-17(16)24-18(21(14)23)13-28-20(25)12-11-15-7-6-10-19(26-2)22(15)27-3/h4-10H,11-13H2,1-3H3. The van der Waals surface area contributed by atoms with E-state index in [0.29, 0.717) is 28.6 Å². The first-order chi connectivity index (χ1) is 13.5. The molecule has 0 saturated heterocycles. The van der Waals surface area contributed by atoms with E-state index in [1.807, 2.05) is 49.4 Å². The van der Waals surface area contributed by atoms with Crippen molar-refractivity contribution in [1.82, 2.24) is 4.98 Å². The highest BCUT2D eigenvalue weighted by Crippen LogP contribution is 2.31. The van der Waals surface area contributed by atoms with Crippen molar-refractivity contribution in [2.45, 2.75) is 26.4 Å². The van der Waals surface area contributed by atoms with Crippen LogP contribution in [0, 0.1) is 6.92 Å². The zero-order chi connectivity index (χ0) is 20.1. The molecule has 0 bridgehead atoms. The Morgan fingerprint density at radius 3 is 2.61 bits per heavy atom. The first kappa shape index (κ1) is 20.0. The third-order valence-electron chi connectivity index (χ3n) is 4.60. The van der Waals surface area contributed by atoms with Crippen molar-refractivity contribution < 1.29 is 19.0 Å². The number of para-hydroxylation sites is 2. The van der Waals surface area contributed by atoms with Gasteiger partial charge < -0.3 is 14.2 Å². The minimum Gasteiger partial charge on any atom is -0.493 e. The summed E-state index contributed by atoms with van der Waals surface area (Å²) < 4.78 is 16.1. The normalized spacial score (nSPS) is 10.7. The molecule has 0 aliphatic rings. The summed E-state index contributed by atoms with van der Waals surface area (Å²) in [4.78, 5) is 16.8. The monoisotopic (exact) mass is 399 g/mol. The lowest BCUT2D eigenvalue weighted by molar-refractivity contribution is -0.145. The van der Waals surface area contributed by atoms with Crippen LogP contribution in [0.3, 0.4) is 0 Å². The highest BCUT2D eigenvalue weighted by atomic mass is 35.5. The SMILES string of the molecule is COc1cccc(CCC(=O)OCc2nc3ccccc3c(C)c2Cl)c1OC. The lowest BCUT2D eigenvalue weighted by Crippen LogP contribution is -2.08. The van der Waals surface area contributed by atoms with E-state index in [1.54, 1.807) is 14.2 Å². The molecule has 0 fully saturated rings. The van der Waals surface area contributed by atoms with Crippen LogP contribution in [0.2, 0.25) is 5.02 Å². The molecule has 0 amide bonds. The molecule has 28 heavy (non-hydrogen) atoms. The molecule has 0 atom stereocenters. The van der Waals surface area contributed by atoms with Gasteiger partial charge in [-0.3, -0.25) is 4.79 Å². The van der Waals surface area contributed by atoms with Gasteiger partial charge in [-0.15, -0.1) is 0 Å². The molecule has 3 aromatic rings. The Hall–Kier alpha value is -2.79. The van der Waals surface area contributed by atoms with Crippen molar-refractivity contribution >= 4 is 28.5 Å². The second-order valence-corrected chi connectivity index (χ2v) is 6.71. The molecule has 6 heteroatoms. The number of halogens is 1. The predicted octanol–water partition coefficient (Wildman–Crippen LogP) is 4.89. The second-order valence-electron chi connectivity index (χ2n) is 6.33. The summed E-state index contributed by atoms with van der Waals surface area (Å²) in [6, 6.07) is 13.3. The van der Waals surface area contributed by atoms with E-state index in [9.17, 15) is 4.79 Å². The molecule has 146 valence electrons. The number of carbonyl (C=O) groups is 1. The van der Waals surface area contributed by atoms with Gasteiger partial charge in [-0.05, 0) is 36.6 Å². The molecule has 2 aromatic carbocycles. The van der Waals surface area contributed by atoms with Gasteiger partial charge >= 0.3 is 5.97 Å². The number of aromatic nitrogens is 1. The average molecular weight is 400 g/mol. The van der Waals surface area contributed by atoms with Gasteiger partial charge in [-0.1, -0.05) is 41.9 Å². The van der Waals surface area contributed by atoms with Crippen molar-refractivity contribution in [3.8, 4) is 11.5 Å². The highest BCUT2D eigenvalue weighted by Gasteiger charge is 2.14. The van der Waals surface area contributed by atoms with Gasteiger partial charge in [0.05, 0.1) is 30.5 Å². The molecule has 0 aliphatic carbocycles. The molecule has 3 rings (SSSR count). The summed E-state index contributed by atoms with van der Waals surface area (Å²) >= 11 is 6.42. The molecule has 5 nitrogen and oxygen atoms in total. The van der Waals surface area contributed by atoms with Crippen molar-refractivity contribution in [2.24, 2.45) is 0 Å². The minimum atomic E-state index is -0.325. The predicted molar refractivity (Wildman–Crippen MR) is 109 cm³/mol. The van der Waals surface area contributed by atoms with Gasteiger partial charge in [0.25, 0.3) is 0 Å². The number of nitrogens with zero attached hydrogens (tertiary/aromatic N) is 1. The van der Waals surface area contributed by atoms with Gasteiger partial charge in [0.1, 0.15) is 6.61 Å². The second kappa shape index (κ2) is 8.93. The van der Waals surface area contributed by atoms with Crippen molar-refractivity contribution in [3.63, 3.8) is 0 Å². The number of aryl methyl sites for hydroxylation is 2. The van der Waals surface area contributed by atoms with Gasteiger partial charge in [-0.2, -0.15) is 0 Å². The maximum absolute atomic E-state index is 12.2. The van der Waals surface area contributed by atoms with E-state index >= 15 is 0 Å². The van der Waals surface area contributed by atoms with Crippen LogP contribution < -0.4 is 9.47 Å². The molecule has 0 unspecified atom stereocenters. The lowest BCUT2D eigenvalue weighted by atomic mass is 10.1. The Kier molecular flexibility index (Phi) is 6.37. The van der Waals surface area contributed by atoms with E-state index in [-0.39, 0.29) is 19.0 Å². The topological polar surface area (TPSA) is 57.7 Å². The smallest absolute Gasteiger partial charge is 0.306 e. The van der Waals surface area contributed by atoms with Crippen LogP contribution in [0.5, 0.6) is 11.5 Å². The van der Waals surface area contributed by atoms with Crippen LogP contribution in [-0.4, -0.2) is 25.2 Å². The maximum Gasteiger partial charge on any atom is 0.306 e. The lowest BCUT2D eigenvalue weighted by Gasteiger charge is -2.13. The molecular formula is C22H22ClNO4. The molecular weight excluding hydrogens is 378 g/mol. The molecule has 0 saturated carbocycles. The summed E-state index contributed by atoms with van der Waals surface area (Å²) in [6.07, 6.45) is 0.699. The largest absolute Gasteiger partial charge is 0.493 e. The summed E-state index contributed by atoms with van der Waals surface area (Å²) in [6.45, 7) is 1.98. The third-order valence-corrected chi connectivity index (χ3v) is 5.10. The van der Waals surface area contributed by atoms with Gasteiger partial charge in [0.2, 0.25) is 0 Å². The Morgan fingerprint density at radius 2 is 1.86 bits per heavy atom. The summed E-state index contributed by atoms with van der Waals surface area (Å²) in [5, 5.41) is 1.52. The Balaban J connectivity index is 1.66. The zero-order valence-electron chi connectivity index (χ0n) is 16.1. The fourth-order valence-electron chi connectivity index (χ4n) is 3.12. The molecule has 1 aromatic heterocycles. The van der Waals surface area contributed by atoms with Crippen molar-refractivity contribution in [3.05, 3.63) is 64.3 Å². The van der Waals surface area contributed by atoms with Gasteiger partial charge in [-0.25, -0.2) is 4.98 Å². The number of ether oxygens (including phenoxy) is 3. The summed E-state index contributed by atoms with van der Waals surface area (Å²) in [5.74, 6) is 0.942. The maximum atomic E-state index is 12.2. The van der Waals surface area contributed by atoms with E-state index in [1.165, 1.54) is 0 Å². The molecule has 0 N–H and O–H groups in total. The number of carbonyl (C=O) groups excluding carboxylic acids is 1. The Morgan fingerprint density at radius 1 is 1.07 bits per heavy atom. The third kappa shape index (κ3) is 4.20. The number of benzene rings is 2. The molecule has 1 heterocycles. The van der Waals surface area contributed by atoms with Gasteiger partial charge in [0.15, 0.2) is 11.5 Å². The van der Waals surface area contributed by atoms with Crippen LogP contribution in [-0.2, 0) is 22.6 Å². The van der Waals surface area contributed by atoms with E-state index in [2.05, 4.69) is 4.98 Å². The van der Waals surface area contributed by atoms with Crippen LogP contribution >= 0.6 is 11.6 Å². The number of hydrogen-bond donors (Lipinski definition) is 0. The zero-order valence-corrected chi connectivity index (χ0v) is 16.9. The minimum absolute atomic E-state index is 0.0403. The summed E-state index contributed by atoms with van der Waals surface area (Å²) in [7, 11) is 3.16. The Labute approximate surface area is 169 Å². The van der Waals surface area contributed by atoms with E-state index in [4.69, 9.17) is 25.8 Å². The number of rotatable bonds is 7. The Bertz CT molecular complexity index is 1000.